The molecule has 0 aromatic carbocycles. The topological polar surface area (TPSA) is 99.6 Å². The van der Waals surface area contributed by atoms with E-state index in [1.54, 1.807) is 0 Å². The fraction of sp³-hybridized carbons (Fsp3) is 0. The zero-order valence-corrected chi connectivity index (χ0v) is 9.03. The van der Waals surface area contributed by atoms with Crippen molar-refractivity contribution in [2.45, 2.75) is 0 Å². The highest BCUT2D eigenvalue weighted by Crippen LogP contribution is 2.23. The lowest BCUT2D eigenvalue weighted by atomic mass is 10.4. The Morgan fingerprint density at radius 2 is 2.24 bits per heavy atom. The minimum absolute atomic E-state index is 0.451. The first-order valence-corrected chi connectivity index (χ1v) is 5.38. The number of fused-ring (bicyclic) bond motifs is 1. The zero-order chi connectivity index (χ0) is 11.8. The lowest BCUT2D eigenvalue weighted by Gasteiger charge is -1.95. The number of hydrogen-bond acceptors (Lipinski definition) is 7. The first-order valence-electron chi connectivity index (χ1n) is 4.50. The molecule has 3 aromatic rings. The molecule has 0 amide bonds. The van der Waals surface area contributed by atoms with Gasteiger partial charge in [0.05, 0.1) is 10.2 Å². The van der Waals surface area contributed by atoms with Crippen LogP contribution in [0.5, 0.6) is 0 Å². The number of hydrogen-bond donors (Lipinski definition) is 0. The third kappa shape index (κ3) is 1.52. The maximum absolute atomic E-state index is 10.5. The Kier molecular flexibility index (Phi) is 2.05. The van der Waals surface area contributed by atoms with Gasteiger partial charge < -0.3 is 10.1 Å². The molecule has 0 unspecified atom stereocenters. The number of rotatable bonds is 2. The second-order valence-electron chi connectivity index (χ2n) is 3.08. The van der Waals surface area contributed by atoms with E-state index in [2.05, 4.69) is 20.1 Å². The molecule has 0 aliphatic heterocycles. The zero-order valence-electron chi connectivity index (χ0n) is 8.22. The van der Waals surface area contributed by atoms with Crippen molar-refractivity contribution >= 4 is 27.5 Å². The van der Waals surface area contributed by atoms with E-state index < -0.39 is 10.9 Å². The first-order chi connectivity index (χ1) is 8.25. The van der Waals surface area contributed by atoms with Gasteiger partial charge in [0.25, 0.3) is 0 Å². The summed E-state index contributed by atoms with van der Waals surface area (Å²) >= 11 is 1.44. The molecule has 0 N–H and O–H groups in total. The normalized spacial score (nSPS) is 10.8. The van der Waals surface area contributed by atoms with Crippen molar-refractivity contribution in [3.63, 3.8) is 0 Å². The molecule has 0 fully saturated rings. The molecule has 8 nitrogen and oxygen atoms in total. The molecule has 0 radical (unpaired) electrons. The van der Waals surface area contributed by atoms with Gasteiger partial charge in [0, 0.05) is 5.10 Å². The van der Waals surface area contributed by atoms with Crippen LogP contribution in [-0.4, -0.2) is 29.7 Å². The summed E-state index contributed by atoms with van der Waals surface area (Å²) in [6.07, 6.45) is 2.65. The molecule has 0 saturated carbocycles. The van der Waals surface area contributed by atoms with Gasteiger partial charge in [-0.15, -0.1) is 16.0 Å². The summed E-state index contributed by atoms with van der Waals surface area (Å²) in [4.78, 5) is 21.6. The van der Waals surface area contributed by atoms with E-state index in [9.17, 15) is 10.1 Å². The molecule has 0 atom stereocenters. The SMILES string of the molecule is O=[N+]([O-])c1ncn(-c2ncnc3ccsc23)n1. The highest BCUT2D eigenvalue weighted by atomic mass is 32.1. The van der Waals surface area contributed by atoms with Crippen LogP contribution >= 0.6 is 11.3 Å². The molecule has 0 spiro atoms. The third-order valence-corrected chi connectivity index (χ3v) is 2.98. The number of nitro groups is 1. The van der Waals surface area contributed by atoms with Crippen molar-refractivity contribution in [3.8, 4) is 5.82 Å². The Morgan fingerprint density at radius 3 is 3.00 bits per heavy atom. The van der Waals surface area contributed by atoms with Crippen LogP contribution in [0.15, 0.2) is 24.1 Å². The molecule has 0 aliphatic carbocycles. The van der Waals surface area contributed by atoms with Gasteiger partial charge in [0.1, 0.15) is 6.33 Å². The van der Waals surface area contributed by atoms with Gasteiger partial charge in [-0.05, 0) is 16.4 Å². The molecule has 3 aromatic heterocycles. The minimum Gasteiger partial charge on any atom is -0.390 e. The first kappa shape index (κ1) is 9.78. The van der Waals surface area contributed by atoms with Gasteiger partial charge in [-0.25, -0.2) is 9.97 Å². The monoisotopic (exact) mass is 248 g/mol. The summed E-state index contributed by atoms with van der Waals surface area (Å²) in [6.45, 7) is 0. The second kappa shape index (κ2) is 3.56. The van der Waals surface area contributed by atoms with Crippen LogP contribution in [0.1, 0.15) is 0 Å². The molecular weight excluding hydrogens is 244 g/mol. The summed E-state index contributed by atoms with van der Waals surface area (Å²) in [7, 11) is 0. The summed E-state index contributed by atoms with van der Waals surface area (Å²) < 4.78 is 2.09. The fourth-order valence-corrected chi connectivity index (χ4v) is 2.21. The standard InChI is InChI=1S/C8H4N6O2S/c15-14(16)8-11-4-13(12-8)7-6-5(1-2-17-6)9-3-10-7/h1-4H. The predicted molar refractivity (Wildman–Crippen MR) is 59.0 cm³/mol. The highest BCUT2D eigenvalue weighted by Gasteiger charge is 2.17. The maximum atomic E-state index is 10.5. The molecule has 0 bridgehead atoms. The van der Waals surface area contributed by atoms with Gasteiger partial charge >= 0.3 is 5.95 Å². The molecule has 3 heterocycles. The van der Waals surface area contributed by atoms with E-state index in [1.165, 1.54) is 28.7 Å². The van der Waals surface area contributed by atoms with E-state index in [-0.39, 0.29) is 0 Å². The Hall–Kier alpha value is -2.42. The van der Waals surface area contributed by atoms with Crippen LogP contribution < -0.4 is 0 Å². The number of nitrogens with zero attached hydrogens (tertiary/aromatic N) is 6. The van der Waals surface area contributed by atoms with Crippen LogP contribution in [-0.2, 0) is 0 Å². The Labute approximate surface area is 97.7 Å². The van der Waals surface area contributed by atoms with Crippen LogP contribution in [0.2, 0.25) is 0 Å². The largest absolute Gasteiger partial charge is 0.491 e. The fourth-order valence-electron chi connectivity index (χ4n) is 1.38. The number of aromatic nitrogens is 5. The Bertz CT molecular complexity index is 705. The molecule has 3 rings (SSSR count). The average molecular weight is 248 g/mol. The van der Waals surface area contributed by atoms with Gasteiger partial charge in [0.2, 0.25) is 6.33 Å². The van der Waals surface area contributed by atoms with E-state index in [0.29, 0.717) is 5.82 Å². The average Bonchev–Trinajstić information content (AvgIpc) is 2.97. The van der Waals surface area contributed by atoms with E-state index in [0.717, 1.165) is 10.2 Å². The van der Waals surface area contributed by atoms with E-state index in [1.807, 2.05) is 11.4 Å². The predicted octanol–water partition coefficient (Wildman–Crippen LogP) is 1.18. The summed E-state index contributed by atoms with van der Waals surface area (Å²) in [6, 6.07) is 1.84. The van der Waals surface area contributed by atoms with E-state index >= 15 is 0 Å². The van der Waals surface area contributed by atoms with Gasteiger partial charge in [-0.1, -0.05) is 4.98 Å². The Balaban J connectivity index is 2.19. The lowest BCUT2D eigenvalue weighted by molar-refractivity contribution is -0.394. The van der Waals surface area contributed by atoms with Crippen molar-refractivity contribution < 1.29 is 4.92 Å². The molecule has 0 saturated heterocycles. The molecule has 0 aliphatic rings. The van der Waals surface area contributed by atoms with Crippen molar-refractivity contribution in [2.24, 2.45) is 0 Å². The van der Waals surface area contributed by atoms with Gasteiger partial charge in [-0.3, -0.25) is 0 Å². The van der Waals surface area contributed by atoms with Crippen molar-refractivity contribution in [2.75, 3.05) is 0 Å². The van der Waals surface area contributed by atoms with Crippen molar-refractivity contribution in [1.82, 2.24) is 24.7 Å². The van der Waals surface area contributed by atoms with Crippen molar-refractivity contribution in [1.29, 1.82) is 0 Å². The molecule has 17 heavy (non-hydrogen) atoms. The summed E-state index contributed by atoms with van der Waals surface area (Å²) in [5, 5.41) is 16.1. The minimum atomic E-state index is -0.649. The van der Waals surface area contributed by atoms with Crippen LogP contribution in [0, 0.1) is 10.1 Å². The van der Waals surface area contributed by atoms with Crippen LogP contribution in [0.3, 0.4) is 0 Å². The smallest absolute Gasteiger partial charge is 0.390 e. The van der Waals surface area contributed by atoms with Gasteiger partial charge in [-0.2, -0.15) is 0 Å². The van der Waals surface area contributed by atoms with Crippen LogP contribution in [0.25, 0.3) is 16.0 Å². The van der Waals surface area contributed by atoms with Crippen molar-refractivity contribution in [3.05, 3.63) is 34.2 Å². The summed E-state index contributed by atoms with van der Waals surface area (Å²) in [5.74, 6) is 0.0407. The highest BCUT2D eigenvalue weighted by molar-refractivity contribution is 7.17. The van der Waals surface area contributed by atoms with Crippen LogP contribution in [0.4, 0.5) is 5.95 Å². The third-order valence-electron chi connectivity index (χ3n) is 2.08. The molecule has 84 valence electrons. The summed E-state index contributed by atoms with van der Waals surface area (Å²) in [5.41, 5.74) is 0.776. The molecule has 9 heteroatoms. The Morgan fingerprint density at radius 1 is 1.35 bits per heavy atom. The van der Waals surface area contributed by atoms with E-state index in [4.69, 9.17) is 0 Å². The molecular formula is C8H4N6O2S. The second-order valence-corrected chi connectivity index (χ2v) is 3.99. The quantitative estimate of drug-likeness (QED) is 0.498. The maximum Gasteiger partial charge on any atom is 0.491 e. The number of thiophene rings is 1. The lowest BCUT2D eigenvalue weighted by Crippen LogP contribution is -2.00. The van der Waals surface area contributed by atoms with Gasteiger partial charge in [0.15, 0.2) is 5.82 Å².